The average molecular weight is 235 g/mol. The van der Waals surface area contributed by atoms with Crippen molar-refractivity contribution in [2.45, 2.75) is 20.4 Å². The number of amides is 2. The lowest BCUT2D eigenvalue weighted by Gasteiger charge is -2.05. The van der Waals surface area contributed by atoms with Crippen molar-refractivity contribution in [1.29, 1.82) is 0 Å². The number of hydrogen-bond donors (Lipinski definition) is 2. The Bertz CT molecular complexity index is 483. The van der Waals surface area contributed by atoms with Crippen molar-refractivity contribution in [1.82, 2.24) is 10.5 Å². The number of urea groups is 1. The molecule has 2 aromatic heterocycles. The van der Waals surface area contributed by atoms with E-state index in [4.69, 9.17) is 8.94 Å². The van der Waals surface area contributed by atoms with Gasteiger partial charge in [-0.3, -0.25) is 0 Å². The van der Waals surface area contributed by atoms with Crippen LogP contribution in [0.25, 0.3) is 0 Å². The molecule has 17 heavy (non-hydrogen) atoms. The van der Waals surface area contributed by atoms with E-state index in [0.29, 0.717) is 29.4 Å². The molecule has 0 aliphatic rings. The first-order valence-electron chi connectivity index (χ1n) is 5.17. The van der Waals surface area contributed by atoms with Crippen LogP contribution in [0.5, 0.6) is 0 Å². The quantitative estimate of drug-likeness (QED) is 0.854. The van der Waals surface area contributed by atoms with Crippen molar-refractivity contribution >= 4 is 11.7 Å². The van der Waals surface area contributed by atoms with Crippen LogP contribution in [-0.2, 0) is 6.54 Å². The minimum absolute atomic E-state index is 0.323. The Morgan fingerprint density at radius 1 is 1.47 bits per heavy atom. The maximum absolute atomic E-state index is 11.6. The second kappa shape index (κ2) is 4.73. The van der Waals surface area contributed by atoms with Crippen LogP contribution in [0.15, 0.2) is 27.3 Å². The second-order valence-corrected chi connectivity index (χ2v) is 3.59. The minimum Gasteiger partial charge on any atom is -0.467 e. The molecule has 90 valence electrons. The number of carbonyl (C=O) groups is 1. The van der Waals surface area contributed by atoms with E-state index in [2.05, 4.69) is 15.8 Å². The number of nitrogens with one attached hydrogen (secondary N) is 2. The fraction of sp³-hybridized carbons (Fsp3) is 0.273. The third-order valence-electron chi connectivity index (χ3n) is 2.28. The normalized spacial score (nSPS) is 10.2. The molecular formula is C11H13N3O3. The van der Waals surface area contributed by atoms with E-state index in [1.165, 1.54) is 0 Å². The molecule has 0 atom stereocenters. The zero-order chi connectivity index (χ0) is 12.3. The van der Waals surface area contributed by atoms with Crippen LogP contribution >= 0.6 is 0 Å². The molecule has 0 aliphatic carbocycles. The Labute approximate surface area is 98.0 Å². The molecule has 0 spiro atoms. The summed E-state index contributed by atoms with van der Waals surface area (Å²) in [6.45, 7) is 3.84. The lowest BCUT2D eigenvalue weighted by atomic mass is 10.3. The van der Waals surface area contributed by atoms with Crippen molar-refractivity contribution in [2.24, 2.45) is 0 Å². The summed E-state index contributed by atoms with van der Waals surface area (Å²) < 4.78 is 10.0. The third-order valence-corrected chi connectivity index (χ3v) is 2.28. The molecule has 2 N–H and O–H groups in total. The molecule has 6 heteroatoms. The summed E-state index contributed by atoms with van der Waals surface area (Å²) in [4.78, 5) is 11.6. The molecule has 6 nitrogen and oxygen atoms in total. The van der Waals surface area contributed by atoms with Gasteiger partial charge in [-0.2, -0.15) is 0 Å². The van der Waals surface area contributed by atoms with Crippen molar-refractivity contribution in [2.75, 3.05) is 5.32 Å². The van der Waals surface area contributed by atoms with E-state index in [9.17, 15) is 4.79 Å². The van der Waals surface area contributed by atoms with E-state index in [0.717, 1.165) is 0 Å². The van der Waals surface area contributed by atoms with Gasteiger partial charge in [-0.25, -0.2) is 4.79 Å². The monoisotopic (exact) mass is 235 g/mol. The van der Waals surface area contributed by atoms with Crippen LogP contribution in [0.2, 0.25) is 0 Å². The molecule has 0 aliphatic heterocycles. The van der Waals surface area contributed by atoms with Crippen LogP contribution in [0, 0.1) is 13.8 Å². The Hall–Kier alpha value is -2.24. The summed E-state index contributed by atoms with van der Waals surface area (Å²) in [5, 5.41) is 9.08. The topological polar surface area (TPSA) is 80.3 Å². The van der Waals surface area contributed by atoms with Gasteiger partial charge in [0.15, 0.2) is 5.76 Å². The van der Waals surface area contributed by atoms with Gasteiger partial charge < -0.3 is 19.6 Å². The van der Waals surface area contributed by atoms with Crippen molar-refractivity contribution in [3.63, 3.8) is 0 Å². The molecule has 2 amide bonds. The molecule has 0 saturated heterocycles. The number of rotatable bonds is 3. The molecule has 0 fully saturated rings. The summed E-state index contributed by atoms with van der Waals surface area (Å²) in [7, 11) is 0. The molecular weight excluding hydrogens is 222 g/mol. The number of hydrogen-bond acceptors (Lipinski definition) is 4. The van der Waals surface area contributed by atoms with Crippen LogP contribution < -0.4 is 10.6 Å². The number of carbonyl (C=O) groups excluding carboxylic acids is 1. The average Bonchev–Trinajstić information content (AvgIpc) is 2.91. The standard InChI is InChI=1S/C11H13N3O3/c1-7-10(8(2)17-14-7)13-11(15)12-6-9-4-3-5-16-9/h3-5H,6H2,1-2H3,(H2,12,13,15). The van der Waals surface area contributed by atoms with Gasteiger partial charge in [-0.1, -0.05) is 5.16 Å². The zero-order valence-corrected chi connectivity index (χ0v) is 9.61. The van der Waals surface area contributed by atoms with Gasteiger partial charge in [0, 0.05) is 0 Å². The summed E-state index contributed by atoms with van der Waals surface area (Å²) in [6, 6.07) is 3.23. The SMILES string of the molecule is Cc1noc(C)c1NC(=O)NCc1ccco1. The van der Waals surface area contributed by atoms with Gasteiger partial charge in [0.1, 0.15) is 17.1 Å². The first-order valence-corrected chi connectivity index (χ1v) is 5.17. The second-order valence-electron chi connectivity index (χ2n) is 3.59. The van der Waals surface area contributed by atoms with Crippen LogP contribution in [-0.4, -0.2) is 11.2 Å². The number of anilines is 1. The Kier molecular flexibility index (Phi) is 3.13. The zero-order valence-electron chi connectivity index (χ0n) is 9.61. The van der Waals surface area contributed by atoms with E-state index in [1.54, 1.807) is 32.2 Å². The summed E-state index contributed by atoms with van der Waals surface area (Å²) in [6.07, 6.45) is 1.56. The third kappa shape index (κ3) is 2.66. The first kappa shape index (κ1) is 11.3. The molecule has 0 bridgehead atoms. The fourth-order valence-corrected chi connectivity index (χ4v) is 1.40. The van der Waals surface area contributed by atoms with Crippen LogP contribution in [0.3, 0.4) is 0 Å². The predicted octanol–water partition coefficient (Wildman–Crippen LogP) is 2.21. The summed E-state index contributed by atoms with van der Waals surface area (Å²) in [5.74, 6) is 1.27. The van der Waals surface area contributed by atoms with Gasteiger partial charge in [0.2, 0.25) is 0 Å². The number of aromatic nitrogens is 1. The largest absolute Gasteiger partial charge is 0.467 e. The summed E-state index contributed by atoms with van der Waals surface area (Å²) >= 11 is 0. The van der Waals surface area contributed by atoms with E-state index in [-0.39, 0.29) is 6.03 Å². The van der Waals surface area contributed by atoms with Crippen molar-refractivity contribution in [3.8, 4) is 0 Å². The molecule has 0 aromatic carbocycles. The van der Waals surface area contributed by atoms with E-state index < -0.39 is 0 Å². The molecule has 0 saturated carbocycles. The van der Waals surface area contributed by atoms with E-state index >= 15 is 0 Å². The van der Waals surface area contributed by atoms with Gasteiger partial charge in [0.25, 0.3) is 0 Å². The van der Waals surface area contributed by atoms with E-state index in [1.807, 2.05) is 0 Å². The van der Waals surface area contributed by atoms with Gasteiger partial charge >= 0.3 is 6.03 Å². The highest BCUT2D eigenvalue weighted by molar-refractivity contribution is 5.90. The van der Waals surface area contributed by atoms with Gasteiger partial charge in [-0.05, 0) is 26.0 Å². The number of furan rings is 1. The predicted molar refractivity (Wildman–Crippen MR) is 60.5 cm³/mol. The maximum atomic E-state index is 11.6. The molecule has 2 rings (SSSR count). The number of aryl methyl sites for hydroxylation is 2. The Balaban J connectivity index is 1.89. The molecule has 2 aromatic rings. The minimum atomic E-state index is -0.323. The molecule has 0 radical (unpaired) electrons. The van der Waals surface area contributed by atoms with Crippen LogP contribution in [0.4, 0.5) is 10.5 Å². The maximum Gasteiger partial charge on any atom is 0.319 e. The Morgan fingerprint density at radius 2 is 2.29 bits per heavy atom. The van der Waals surface area contributed by atoms with Crippen LogP contribution in [0.1, 0.15) is 17.2 Å². The smallest absolute Gasteiger partial charge is 0.319 e. The Morgan fingerprint density at radius 3 is 2.88 bits per heavy atom. The fourth-order valence-electron chi connectivity index (χ4n) is 1.40. The number of nitrogens with zero attached hydrogens (tertiary/aromatic N) is 1. The first-order chi connectivity index (χ1) is 8.16. The molecule has 2 heterocycles. The highest BCUT2D eigenvalue weighted by Gasteiger charge is 2.11. The highest BCUT2D eigenvalue weighted by atomic mass is 16.5. The van der Waals surface area contributed by atoms with Gasteiger partial charge in [0.05, 0.1) is 12.8 Å². The lowest BCUT2D eigenvalue weighted by molar-refractivity contribution is 0.250. The van der Waals surface area contributed by atoms with Crippen molar-refractivity contribution in [3.05, 3.63) is 35.6 Å². The summed E-state index contributed by atoms with van der Waals surface area (Å²) in [5.41, 5.74) is 1.25. The molecule has 0 unspecified atom stereocenters. The highest BCUT2D eigenvalue weighted by Crippen LogP contribution is 2.18. The lowest BCUT2D eigenvalue weighted by Crippen LogP contribution is -2.28. The van der Waals surface area contributed by atoms with Crippen molar-refractivity contribution < 1.29 is 13.7 Å². The van der Waals surface area contributed by atoms with Gasteiger partial charge in [-0.15, -0.1) is 0 Å².